The van der Waals surface area contributed by atoms with Crippen LogP contribution in [0.4, 0.5) is 22.7 Å². The van der Waals surface area contributed by atoms with Gasteiger partial charge in [0.15, 0.2) is 0 Å². The zero-order valence-electron chi connectivity index (χ0n) is 27.2. The van der Waals surface area contributed by atoms with Crippen LogP contribution in [0.5, 0.6) is 17.2 Å². The SMILES string of the molecule is CCOC(=O)c1cc(S(=O)(=O)Oc2ccc(/N=N/c3ccccc3)cc2)cc2cc(S(=O)(=O)Oc3ccc(/N=N/c4ccccc4)cc3)cc(O)c12. The van der Waals surface area contributed by atoms with E-state index in [4.69, 9.17) is 13.1 Å². The number of nitrogens with zero attached hydrogens (tertiary/aromatic N) is 4. The molecule has 0 heterocycles. The number of carbonyl (C=O) groups excluding carboxylic acids is 1. The molecule has 0 aromatic heterocycles. The van der Waals surface area contributed by atoms with Gasteiger partial charge in [-0.05, 0) is 103 Å². The van der Waals surface area contributed by atoms with E-state index in [0.29, 0.717) is 22.7 Å². The number of fused-ring (bicyclic) bond motifs is 1. The zero-order chi connectivity index (χ0) is 36.7. The lowest BCUT2D eigenvalue weighted by molar-refractivity contribution is 0.0528. The lowest BCUT2D eigenvalue weighted by Crippen LogP contribution is -2.13. The number of carbonyl (C=O) groups is 1. The van der Waals surface area contributed by atoms with Crippen molar-refractivity contribution >= 4 is 59.7 Å². The van der Waals surface area contributed by atoms with Gasteiger partial charge in [0.2, 0.25) is 0 Å². The number of aromatic hydroxyl groups is 1. The predicted molar refractivity (Wildman–Crippen MR) is 191 cm³/mol. The summed E-state index contributed by atoms with van der Waals surface area (Å²) in [5.41, 5.74) is 1.79. The Morgan fingerprint density at radius 1 is 0.577 bits per heavy atom. The van der Waals surface area contributed by atoms with E-state index in [9.17, 15) is 26.7 Å². The molecule has 0 aliphatic carbocycles. The third kappa shape index (κ3) is 8.46. The smallest absolute Gasteiger partial charge is 0.339 e. The van der Waals surface area contributed by atoms with Crippen molar-refractivity contribution in [2.24, 2.45) is 20.5 Å². The summed E-state index contributed by atoms with van der Waals surface area (Å²) in [5, 5.41) is 27.2. The fourth-order valence-corrected chi connectivity index (χ4v) is 6.79. The Balaban J connectivity index is 1.28. The molecular weight excluding hydrogens is 709 g/mol. The van der Waals surface area contributed by atoms with E-state index >= 15 is 0 Å². The maximum absolute atomic E-state index is 13.5. The minimum atomic E-state index is -4.62. The van der Waals surface area contributed by atoms with Gasteiger partial charge in [-0.2, -0.15) is 37.3 Å². The summed E-state index contributed by atoms with van der Waals surface area (Å²) < 4.78 is 69.5. The van der Waals surface area contributed by atoms with E-state index in [1.807, 2.05) is 36.4 Å². The first kappa shape index (κ1) is 35.4. The van der Waals surface area contributed by atoms with Crippen LogP contribution in [-0.2, 0) is 25.0 Å². The second kappa shape index (κ2) is 15.2. The van der Waals surface area contributed by atoms with Gasteiger partial charge in [-0.15, -0.1) is 0 Å². The Hall–Kier alpha value is -6.45. The van der Waals surface area contributed by atoms with Crippen LogP contribution in [0.3, 0.4) is 0 Å². The molecule has 0 saturated carbocycles. The average Bonchev–Trinajstić information content (AvgIpc) is 3.14. The number of benzene rings is 6. The van der Waals surface area contributed by atoms with Gasteiger partial charge in [-0.1, -0.05) is 36.4 Å². The molecule has 0 atom stereocenters. The monoisotopic (exact) mass is 736 g/mol. The van der Waals surface area contributed by atoms with Gasteiger partial charge in [-0.3, -0.25) is 0 Å². The molecule has 262 valence electrons. The summed E-state index contributed by atoms with van der Waals surface area (Å²) in [4.78, 5) is 12.0. The molecule has 0 unspecified atom stereocenters. The van der Waals surface area contributed by atoms with Gasteiger partial charge in [0.05, 0.1) is 34.9 Å². The molecule has 0 aliphatic rings. The predicted octanol–water partition coefficient (Wildman–Crippen LogP) is 9.09. The van der Waals surface area contributed by atoms with Crippen LogP contribution < -0.4 is 8.37 Å². The second-order valence-corrected chi connectivity index (χ2v) is 14.0. The van der Waals surface area contributed by atoms with E-state index in [0.717, 1.165) is 24.3 Å². The number of hydrogen-bond donors (Lipinski definition) is 1. The number of azo groups is 2. The first-order chi connectivity index (χ1) is 25.0. The quantitative estimate of drug-likeness (QED) is 0.0727. The second-order valence-electron chi connectivity index (χ2n) is 10.9. The molecule has 0 spiro atoms. The van der Waals surface area contributed by atoms with Crippen LogP contribution in [0.25, 0.3) is 10.8 Å². The topological polar surface area (TPSA) is 183 Å². The molecule has 6 aromatic rings. The third-order valence-corrected chi connectivity index (χ3v) is 9.66. The molecule has 0 fully saturated rings. The van der Waals surface area contributed by atoms with Crippen LogP contribution in [0, 0.1) is 0 Å². The summed E-state index contributed by atoms with van der Waals surface area (Å²) in [5.74, 6) is -1.73. The highest BCUT2D eigenvalue weighted by molar-refractivity contribution is 7.87. The van der Waals surface area contributed by atoms with Crippen LogP contribution in [0.1, 0.15) is 17.3 Å². The normalized spacial score (nSPS) is 11.9. The lowest BCUT2D eigenvalue weighted by atomic mass is 10.0. The van der Waals surface area contributed by atoms with Gasteiger partial charge >= 0.3 is 26.2 Å². The van der Waals surface area contributed by atoms with E-state index in [-0.39, 0.29) is 34.4 Å². The summed E-state index contributed by atoms with van der Waals surface area (Å²) in [7, 11) is -9.21. The lowest BCUT2D eigenvalue weighted by Gasteiger charge is -2.14. The average molecular weight is 737 g/mol. The molecular formula is C37H28N4O9S2. The minimum absolute atomic E-state index is 0.0603. The number of ether oxygens (including phenoxy) is 1. The molecule has 0 saturated heterocycles. The van der Waals surface area contributed by atoms with E-state index in [1.54, 1.807) is 31.2 Å². The largest absolute Gasteiger partial charge is 0.507 e. The van der Waals surface area contributed by atoms with E-state index in [2.05, 4.69) is 20.5 Å². The van der Waals surface area contributed by atoms with Gasteiger partial charge < -0.3 is 18.2 Å². The molecule has 0 bridgehead atoms. The Kier molecular flexibility index (Phi) is 10.3. The molecule has 0 amide bonds. The van der Waals surface area contributed by atoms with Crippen molar-refractivity contribution in [3.8, 4) is 17.2 Å². The van der Waals surface area contributed by atoms with Crippen LogP contribution in [0.2, 0.25) is 0 Å². The zero-order valence-corrected chi connectivity index (χ0v) is 28.9. The van der Waals surface area contributed by atoms with Gasteiger partial charge in [0.1, 0.15) is 27.0 Å². The molecule has 15 heteroatoms. The van der Waals surface area contributed by atoms with Crippen molar-refractivity contribution in [1.82, 2.24) is 0 Å². The Morgan fingerprint density at radius 3 is 1.40 bits per heavy atom. The fourth-order valence-electron chi connectivity index (χ4n) is 4.80. The number of rotatable bonds is 12. The van der Waals surface area contributed by atoms with Crippen molar-refractivity contribution in [2.75, 3.05) is 6.61 Å². The molecule has 0 radical (unpaired) electrons. The molecule has 0 aliphatic heterocycles. The van der Waals surface area contributed by atoms with Gasteiger partial charge in [-0.25, -0.2) is 4.79 Å². The van der Waals surface area contributed by atoms with Crippen molar-refractivity contribution in [3.05, 3.63) is 139 Å². The minimum Gasteiger partial charge on any atom is -0.507 e. The number of esters is 1. The maximum atomic E-state index is 13.5. The molecule has 52 heavy (non-hydrogen) atoms. The summed E-state index contributed by atoms with van der Waals surface area (Å²) in [6, 6.07) is 33.5. The Morgan fingerprint density at radius 2 is 0.981 bits per heavy atom. The maximum Gasteiger partial charge on any atom is 0.339 e. The Bertz CT molecular complexity index is 2510. The van der Waals surface area contributed by atoms with Crippen molar-refractivity contribution < 1.29 is 39.8 Å². The number of hydrogen-bond acceptors (Lipinski definition) is 13. The van der Waals surface area contributed by atoms with Crippen LogP contribution >= 0.6 is 0 Å². The molecule has 6 rings (SSSR count). The van der Waals surface area contributed by atoms with Crippen LogP contribution in [-0.4, -0.2) is 34.5 Å². The standard InChI is InChI=1S/C37H28N4O9S2/c1-2-48-37(43)34-23-32(51(44,45)49-30-17-13-28(14-18-30)40-38-26-9-5-3-6-10-26)21-25-22-33(24-35(42)36(25)34)52(46,47)50-31-19-15-29(16-20-31)41-39-27-11-7-4-8-12-27/h3-24,42H,2H2,1H3/b40-38+,41-39+. The molecule has 1 N–H and O–H groups in total. The highest BCUT2D eigenvalue weighted by Crippen LogP contribution is 2.36. The Labute approximate surface area is 298 Å². The van der Waals surface area contributed by atoms with Gasteiger partial charge in [0.25, 0.3) is 0 Å². The van der Waals surface area contributed by atoms with Gasteiger partial charge in [0, 0.05) is 11.5 Å². The van der Waals surface area contributed by atoms with Crippen molar-refractivity contribution in [2.45, 2.75) is 16.7 Å². The molecule has 13 nitrogen and oxygen atoms in total. The van der Waals surface area contributed by atoms with Crippen molar-refractivity contribution in [3.63, 3.8) is 0 Å². The number of phenols is 1. The fraction of sp³-hybridized carbons (Fsp3) is 0.0541. The highest BCUT2D eigenvalue weighted by atomic mass is 32.2. The van der Waals surface area contributed by atoms with E-state index in [1.165, 1.54) is 48.5 Å². The molecule has 6 aromatic carbocycles. The summed E-state index contributed by atoms with van der Waals surface area (Å²) in [6.45, 7) is 1.49. The van der Waals surface area contributed by atoms with Crippen LogP contribution in [0.15, 0.2) is 164 Å². The highest BCUT2D eigenvalue weighted by Gasteiger charge is 2.26. The third-order valence-electron chi connectivity index (χ3n) is 7.21. The van der Waals surface area contributed by atoms with Crippen molar-refractivity contribution in [1.29, 1.82) is 0 Å². The first-order valence-corrected chi connectivity index (χ1v) is 18.3. The van der Waals surface area contributed by atoms with E-state index < -0.39 is 41.7 Å². The summed E-state index contributed by atoms with van der Waals surface area (Å²) in [6.07, 6.45) is 0. The first-order valence-electron chi connectivity index (χ1n) is 15.5. The number of phenolic OH excluding ortho intramolecular Hbond substituents is 1. The summed E-state index contributed by atoms with van der Waals surface area (Å²) >= 11 is 0.